The van der Waals surface area contributed by atoms with Gasteiger partial charge in [-0.1, -0.05) is 53.6 Å². The van der Waals surface area contributed by atoms with E-state index in [-0.39, 0.29) is 11.4 Å². The Hall–Kier alpha value is -3.25. The fourth-order valence-corrected chi connectivity index (χ4v) is 2.58. The van der Waals surface area contributed by atoms with Gasteiger partial charge in [-0.25, -0.2) is 19.6 Å². The first kappa shape index (κ1) is 17.6. The first-order chi connectivity index (χ1) is 12.4. The Kier molecular flexibility index (Phi) is 4.69. The number of aromatic carboxylic acids is 2. The second-order valence-electron chi connectivity index (χ2n) is 5.60. The molecule has 2 N–H and O–H groups in total. The van der Waals surface area contributed by atoms with E-state index in [1.165, 1.54) is 0 Å². The van der Waals surface area contributed by atoms with Crippen LogP contribution in [0.15, 0.2) is 48.5 Å². The van der Waals surface area contributed by atoms with Crippen LogP contribution in [-0.2, 0) is 0 Å². The highest BCUT2D eigenvalue weighted by atomic mass is 35.5. The number of benzene rings is 2. The molecule has 0 unspecified atom stereocenters. The van der Waals surface area contributed by atoms with Gasteiger partial charge in [0.2, 0.25) is 0 Å². The fourth-order valence-electron chi connectivity index (χ4n) is 2.46. The van der Waals surface area contributed by atoms with Gasteiger partial charge in [-0.3, -0.25) is 0 Å². The molecule has 3 aromatic rings. The van der Waals surface area contributed by atoms with E-state index in [0.29, 0.717) is 16.1 Å². The van der Waals surface area contributed by atoms with Crippen molar-refractivity contribution in [1.82, 2.24) is 9.97 Å². The number of hydrogen-bond donors (Lipinski definition) is 2. The molecule has 2 aromatic carbocycles. The summed E-state index contributed by atoms with van der Waals surface area (Å²) in [6, 6.07) is 13.9. The maximum atomic E-state index is 11.5. The van der Waals surface area contributed by atoms with Crippen molar-refractivity contribution in [3.8, 4) is 22.5 Å². The van der Waals surface area contributed by atoms with E-state index in [0.717, 1.165) is 5.56 Å². The fraction of sp³-hybridized carbons (Fsp3) is 0.0526. The SMILES string of the molecule is Cc1ccc(-c2nc(C(=O)O)c(C(=O)O)nc2-c2ccc(Cl)cc2)cc1. The van der Waals surface area contributed by atoms with Gasteiger partial charge in [0, 0.05) is 16.1 Å². The van der Waals surface area contributed by atoms with Crippen LogP contribution in [0.2, 0.25) is 5.02 Å². The minimum atomic E-state index is -1.46. The molecule has 1 heterocycles. The third kappa shape index (κ3) is 3.41. The lowest BCUT2D eigenvalue weighted by molar-refractivity contribution is 0.0641. The van der Waals surface area contributed by atoms with Crippen LogP contribution in [0.5, 0.6) is 0 Å². The molecule has 0 saturated carbocycles. The monoisotopic (exact) mass is 368 g/mol. The molecule has 130 valence electrons. The van der Waals surface area contributed by atoms with Gasteiger partial charge < -0.3 is 10.2 Å². The number of carboxylic acid groups (broad SMARTS) is 2. The summed E-state index contributed by atoms with van der Waals surface area (Å²) < 4.78 is 0. The van der Waals surface area contributed by atoms with Gasteiger partial charge in [0.05, 0.1) is 11.4 Å². The average molecular weight is 369 g/mol. The van der Waals surface area contributed by atoms with Crippen molar-refractivity contribution in [2.45, 2.75) is 6.92 Å². The van der Waals surface area contributed by atoms with Crippen molar-refractivity contribution < 1.29 is 19.8 Å². The number of nitrogens with zero attached hydrogens (tertiary/aromatic N) is 2. The maximum absolute atomic E-state index is 11.5. The van der Waals surface area contributed by atoms with Crippen LogP contribution < -0.4 is 0 Å². The highest BCUT2D eigenvalue weighted by molar-refractivity contribution is 6.30. The van der Waals surface area contributed by atoms with Crippen molar-refractivity contribution in [1.29, 1.82) is 0 Å². The number of aromatic nitrogens is 2. The number of carbonyl (C=O) groups is 2. The molecule has 26 heavy (non-hydrogen) atoms. The molecule has 0 saturated heterocycles. The van der Waals surface area contributed by atoms with Gasteiger partial charge in [0.15, 0.2) is 11.4 Å². The molecule has 0 atom stereocenters. The number of aryl methyl sites for hydroxylation is 1. The van der Waals surface area contributed by atoms with E-state index in [4.69, 9.17) is 11.6 Å². The predicted molar refractivity (Wildman–Crippen MR) is 96.6 cm³/mol. The molecule has 1 aromatic heterocycles. The molecule has 0 aliphatic rings. The van der Waals surface area contributed by atoms with Crippen molar-refractivity contribution in [3.63, 3.8) is 0 Å². The lowest BCUT2D eigenvalue weighted by Crippen LogP contribution is -2.15. The summed E-state index contributed by atoms with van der Waals surface area (Å²) in [4.78, 5) is 31.2. The lowest BCUT2D eigenvalue weighted by Gasteiger charge is -2.12. The second kappa shape index (κ2) is 6.93. The summed E-state index contributed by atoms with van der Waals surface area (Å²) in [5.41, 5.74) is 1.58. The third-order valence-corrected chi connectivity index (χ3v) is 4.00. The largest absolute Gasteiger partial charge is 0.476 e. The summed E-state index contributed by atoms with van der Waals surface area (Å²) in [6.07, 6.45) is 0. The van der Waals surface area contributed by atoms with Crippen molar-refractivity contribution in [2.24, 2.45) is 0 Å². The smallest absolute Gasteiger partial charge is 0.357 e. The minimum Gasteiger partial charge on any atom is -0.476 e. The van der Waals surface area contributed by atoms with Crippen LogP contribution in [0.3, 0.4) is 0 Å². The van der Waals surface area contributed by atoms with Crippen LogP contribution in [0.25, 0.3) is 22.5 Å². The van der Waals surface area contributed by atoms with Gasteiger partial charge >= 0.3 is 11.9 Å². The standard InChI is InChI=1S/C19H13ClN2O4/c1-10-2-4-11(5-3-10)14-15(12-6-8-13(20)9-7-12)22-17(19(25)26)16(21-14)18(23)24/h2-9H,1H3,(H,23,24)(H,25,26). The van der Waals surface area contributed by atoms with Gasteiger partial charge in [0.1, 0.15) is 0 Å². The van der Waals surface area contributed by atoms with Gasteiger partial charge in [-0.05, 0) is 19.1 Å². The van der Waals surface area contributed by atoms with Crippen LogP contribution >= 0.6 is 11.6 Å². The third-order valence-electron chi connectivity index (χ3n) is 3.74. The summed E-state index contributed by atoms with van der Waals surface area (Å²) in [5.74, 6) is -2.91. The Morgan fingerprint density at radius 1 is 0.769 bits per heavy atom. The number of carboxylic acids is 2. The molecule has 0 aliphatic carbocycles. The van der Waals surface area contributed by atoms with Crippen LogP contribution in [0.4, 0.5) is 0 Å². The molecule has 0 amide bonds. The molecule has 3 rings (SSSR count). The number of hydrogen-bond acceptors (Lipinski definition) is 4. The molecule has 0 radical (unpaired) electrons. The van der Waals surface area contributed by atoms with E-state index in [2.05, 4.69) is 9.97 Å². The zero-order valence-electron chi connectivity index (χ0n) is 13.6. The average Bonchev–Trinajstić information content (AvgIpc) is 2.62. The first-order valence-corrected chi connectivity index (χ1v) is 7.96. The quantitative estimate of drug-likeness (QED) is 0.716. The molecule has 0 spiro atoms. The number of rotatable bonds is 4. The van der Waals surface area contributed by atoms with E-state index >= 15 is 0 Å². The second-order valence-corrected chi connectivity index (χ2v) is 6.04. The summed E-state index contributed by atoms with van der Waals surface area (Å²) in [5, 5.41) is 19.2. The Morgan fingerprint density at radius 2 is 1.15 bits per heavy atom. The summed E-state index contributed by atoms with van der Waals surface area (Å²) in [6.45, 7) is 1.92. The summed E-state index contributed by atoms with van der Waals surface area (Å²) in [7, 11) is 0. The summed E-state index contributed by atoms with van der Waals surface area (Å²) >= 11 is 5.91. The molecule has 0 fully saturated rings. The van der Waals surface area contributed by atoms with Gasteiger partial charge in [-0.15, -0.1) is 0 Å². The molecular formula is C19H13ClN2O4. The van der Waals surface area contributed by atoms with Crippen LogP contribution in [0.1, 0.15) is 26.5 Å². The van der Waals surface area contributed by atoms with Gasteiger partial charge in [0.25, 0.3) is 0 Å². The first-order valence-electron chi connectivity index (χ1n) is 7.58. The highest BCUT2D eigenvalue weighted by Gasteiger charge is 2.24. The molecular weight excluding hydrogens is 356 g/mol. The van der Waals surface area contributed by atoms with E-state index in [1.807, 2.05) is 19.1 Å². The molecule has 7 heteroatoms. The zero-order chi connectivity index (χ0) is 18.8. The van der Waals surface area contributed by atoms with Crippen molar-refractivity contribution in [3.05, 3.63) is 70.5 Å². The number of halogens is 1. The maximum Gasteiger partial charge on any atom is 0.357 e. The zero-order valence-corrected chi connectivity index (χ0v) is 14.4. The molecule has 0 bridgehead atoms. The topological polar surface area (TPSA) is 100 Å². The van der Waals surface area contributed by atoms with Crippen LogP contribution in [0, 0.1) is 6.92 Å². The Labute approximate surface area is 153 Å². The molecule has 6 nitrogen and oxygen atoms in total. The van der Waals surface area contributed by atoms with E-state index < -0.39 is 23.3 Å². The predicted octanol–water partition coefficient (Wildman–Crippen LogP) is 4.17. The van der Waals surface area contributed by atoms with Crippen molar-refractivity contribution >= 4 is 23.5 Å². The van der Waals surface area contributed by atoms with Crippen molar-refractivity contribution in [2.75, 3.05) is 0 Å². The minimum absolute atomic E-state index is 0.271. The molecule has 0 aliphatic heterocycles. The van der Waals surface area contributed by atoms with E-state index in [9.17, 15) is 19.8 Å². The normalized spacial score (nSPS) is 10.5. The lowest BCUT2D eigenvalue weighted by atomic mass is 10.0. The Bertz CT molecular complexity index is 917. The Balaban J connectivity index is 2.33. The van der Waals surface area contributed by atoms with Gasteiger partial charge in [-0.2, -0.15) is 0 Å². The van der Waals surface area contributed by atoms with E-state index in [1.54, 1.807) is 36.4 Å². The highest BCUT2D eigenvalue weighted by Crippen LogP contribution is 2.31. The van der Waals surface area contributed by atoms with Crippen LogP contribution in [-0.4, -0.2) is 32.1 Å². The Morgan fingerprint density at radius 3 is 1.54 bits per heavy atom.